The molecule has 0 aliphatic heterocycles. The number of rotatable bonds is 4. The van der Waals surface area contributed by atoms with Crippen molar-refractivity contribution in [1.82, 2.24) is 5.32 Å². The van der Waals surface area contributed by atoms with Crippen LogP contribution >= 0.6 is 0 Å². The molecular formula is C10H25N. The van der Waals surface area contributed by atoms with Crippen LogP contribution in [-0.2, 0) is 0 Å². The molecule has 1 heteroatoms. The van der Waals surface area contributed by atoms with Gasteiger partial charge in [0.25, 0.3) is 0 Å². The lowest BCUT2D eigenvalue weighted by Crippen LogP contribution is -2.30. The fraction of sp³-hybridized carbons (Fsp3) is 1.00. The number of hydrogen-bond acceptors (Lipinski definition) is 1. The fourth-order valence-electron chi connectivity index (χ4n) is 1.12. The Bertz CT molecular complexity index is 59.9. The van der Waals surface area contributed by atoms with Gasteiger partial charge in [0.2, 0.25) is 0 Å². The third kappa shape index (κ3) is 7.86. The molecule has 0 heterocycles. The highest BCUT2D eigenvalue weighted by Gasteiger charge is 2.07. The van der Waals surface area contributed by atoms with Crippen LogP contribution in [0, 0.1) is 5.92 Å². The van der Waals surface area contributed by atoms with Gasteiger partial charge in [0, 0.05) is 6.04 Å². The van der Waals surface area contributed by atoms with E-state index < -0.39 is 0 Å². The van der Waals surface area contributed by atoms with Gasteiger partial charge in [-0.05, 0) is 19.4 Å². The molecule has 0 aromatic rings. The Hall–Kier alpha value is -0.0400. The van der Waals surface area contributed by atoms with E-state index in [1.807, 2.05) is 20.9 Å². The first-order valence-corrected chi connectivity index (χ1v) is 4.89. The largest absolute Gasteiger partial charge is 0.317 e. The van der Waals surface area contributed by atoms with Gasteiger partial charge in [-0.1, -0.05) is 41.0 Å². The van der Waals surface area contributed by atoms with Crippen LogP contribution < -0.4 is 5.32 Å². The van der Waals surface area contributed by atoms with Crippen molar-refractivity contribution in [3.8, 4) is 0 Å². The second kappa shape index (κ2) is 9.96. The molecule has 0 radical (unpaired) electrons. The summed E-state index contributed by atoms with van der Waals surface area (Å²) < 4.78 is 0. The smallest absolute Gasteiger partial charge is 0.00869 e. The maximum Gasteiger partial charge on any atom is 0.00869 e. The lowest BCUT2D eigenvalue weighted by molar-refractivity contribution is 0.399. The highest BCUT2D eigenvalue weighted by atomic mass is 14.9. The average molecular weight is 159 g/mol. The highest BCUT2D eigenvalue weighted by molar-refractivity contribution is 4.66. The van der Waals surface area contributed by atoms with Crippen LogP contribution in [0.5, 0.6) is 0 Å². The van der Waals surface area contributed by atoms with Crippen molar-refractivity contribution < 1.29 is 0 Å². The van der Waals surface area contributed by atoms with Crippen LogP contribution in [0.2, 0.25) is 0 Å². The molecule has 1 atom stereocenters. The van der Waals surface area contributed by atoms with Crippen molar-refractivity contribution in [3.05, 3.63) is 0 Å². The molecule has 0 amide bonds. The summed E-state index contributed by atoms with van der Waals surface area (Å²) in [6, 6.07) is 0.718. The zero-order chi connectivity index (χ0) is 9.28. The first kappa shape index (κ1) is 13.5. The van der Waals surface area contributed by atoms with Gasteiger partial charge >= 0.3 is 0 Å². The first-order valence-electron chi connectivity index (χ1n) is 4.89. The van der Waals surface area contributed by atoms with Crippen molar-refractivity contribution in [2.45, 2.75) is 53.5 Å². The quantitative estimate of drug-likeness (QED) is 0.665. The van der Waals surface area contributed by atoms with Gasteiger partial charge < -0.3 is 5.32 Å². The Labute approximate surface area is 72.6 Å². The van der Waals surface area contributed by atoms with Crippen LogP contribution in [0.1, 0.15) is 47.5 Å². The van der Waals surface area contributed by atoms with Crippen molar-refractivity contribution in [2.75, 3.05) is 7.05 Å². The molecule has 0 aromatic heterocycles. The average Bonchev–Trinajstić information content (AvgIpc) is 2.03. The first-order chi connectivity index (χ1) is 5.22. The van der Waals surface area contributed by atoms with E-state index in [1.165, 1.54) is 12.8 Å². The summed E-state index contributed by atoms with van der Waals surface area (Å²) in [4.78, 5) is 0. The van der Waals surface area contributed by atoms with Crippen molar-refractivity contribution in [3.63, 3.8) is 0 Å². The molecule has 0 saturated heterocycles. The van der Waals surface area contributed by atoms with E-state index in [4.69, 9.17) is 0 Å². The third-order valence-electron chi connectivity index (χ3n) is 1.78. The Kier molecular flexibility index (Phi) is 12.3. The van der Waals surface area contributed by atoms with Crippen molar-refractivity contribution >= 4 is 0 Å². The van der Waals surface area contributed by atoms with E-state index in [1.54, 1.807) is 0 Å². The highest BCUT2D eigenvalue weighted by Crippen LogP contribution is 2.06. The molecule has 11 heavy (non-hydrogen) atoms. The van der Waals surface area contributed by atoms with Crippen LogP contribution in [0.3, 0.4) is 0 Å². The molecule has 70 valence electrons. The van der Waals surface area contributed by atoms with Crippen molar-refractivity contribution in [1.29, 1.82) is 0 Å². The Morgan fingerprint density at radius 1 is 1.18 bits per heavy atom. The van der Waals surface area contributed by atoms with E-state index in [9.17, 15) is 0 Å². The molecule has 1 unspecified atom stereocenters. The molecule has 0 aliphatic rings. The molecule has 0 aliphatic carbocycles. The van der Waals surface area contributed by atoms with Gasteiger partial charge in [0.05, 0.1) is 0 Å². The summed E-state index contributed by atoms with van der Waals surface area (Å²) in [5, 5.41) is 3.30. The topological polar surface area (TPSA) is 12.0 Å². The summed E-state index contributed by atoms with van der Waals surface area (Å²) in [6.07, 6.45) is 2.58. The zero-order valence-electron chi connectivity index (χ0n) is 9.07. The maximum absolute atomic E-state index is 3.30. The Morgan fingerprint density at radius 2 is 1.64 bits per heavy atom. The maximum atomic E-state index is 3.30. The monoisotopic (exact) mass is 159 g/mol. The second-order valence-corrected chi connectivity index (χ2v) is 2.93. The second-order valence-electron chi connectivity index (χ2n) is 2.93. The van der Waals surface area contributed by atoms with E-state index in [2.05, 4.69) is 26.1 Å². The van der Waals surface area contributed by atoms with E-state index in [0.29, 0.717) is 0 Å². The van der Waals surface area contributed by atoms with Crippen LogP contribution in [-0.4, -0.2) is 13.1 Å². The number of hydrogen-bond donors (Lipinski definition) is 1. The lowest BCUT2D eigenvalue weighted by Gasteiger charge is -2.18. The van der Waals surface area contributed by atoms with Gasteiger partial charge in [-0.2, -0.15) is 0 Å². The SMILES string of the molecule is CC.CCCC(NC)C(C)C. The third-order valence-corrected chi connectivity index (χ3v) is 1.78. The fourth-order valence-corrected chi connectivity index (χ4v) is 1.12. The van der Waals surface area contributed by atoms with E-state index >= 15 is 0 Å². The Balaban J connectivity index is 0. The van der Waals surface area contributed by atoms with Gasteiger partial charge in [-0.25, -0.2) is 0 Å². The van der Waals surface area contributed by atoms with Gasteiger partial charge in [0.1, 0.15) is 0 Å². The minimum atomic E-state index is 0.718. The molecule has 0 fully saturated rings. The molecule has 0 spiro atoms. The molecule has 0 aromatic carbocycles. The molecule has 1 N–H and O–H groups in total. The summed E-state index contributed by atoms with van der Waals surface area (Å²) in [7, 11) is 2.04. The Morgan fingerprint density at radius 3 is 1.73 bits per heavy atom. The predicted molar refractivity (Wildman–Crippen MR) is 53.9 cm³/mol. The lowest BCUT2D eigenvalue weighted by atomic mass is 10.0. The van der Waals surface area contributed by atoms with E-state index in [0.717, 1.165) is 12.0 Å². The van der Waals surface area contributed by atoms with Crippen LogP contribution in [0.4, 0.5) is 0 Å². The summed E-state index contributed by atoms with van der Waals surface area (Å²) >= 11 is 0. The van der Waals surface area contributed by atoms with Gasteiger partial charge in [-0.15, -0.1) is 0 Å². The normalized spacial score (nSPS) is 12.3. The van der Waals surface area contributed by atoms with E-state index in [-0.39, 0.29) is 0 Å². The number of nitrogens with one attached hydrogen (secondary N) is 1. The molecule has 0 saturated carbocycles. The summed E-state index contributed by atoms with van der Waals surface area (Å²) in [5.41, 5.74) is 0. The standard InChI is InChI=1S/C8H19N.C2H6/c1-5-6-8(9-4)7(2)3;1-2/h7-9H,5-6H2,1-4H3;1-2H3. The van der Waals surface area contributed by atoms with Gasteiger partial charge in [0.15, 0.2) is 0 Å². The van der Waals surface area contributed by atoms with Crippen LogP contribution in [0.25, 0.3) is 0 Å². The molecule has 0 bridgehead atoms. The summed E-state index contributed by atoms with van der Waals surface area (Å²) in [5.74, 6) is 0.773. The van der Waals surface area contributed by atoms with Crippen LogP contribution in [0.15, 0.2) is 0 Å². The molecule has 1 nitrogen and oxygen atoms in total. The molecule has 0 rings (SSSR count). The summed E-state index contributed by atoms with van der Waals surface area (Å²) in [6.45, 7) is 10.8. The minimum absolute atomic E-state index is 0.718. The van der Waals surface area contributed by atoms with Gasteiger partial charge in [-0.3, -0.25) is 0 Å². The molecular weight excluding hydrogens is 134 g/mol. The predicted octanol–water partition coefficient (Wildman–Crippen LogP) is 3.06. The minimum Gasteiger partial charge on any atom is -0.317 e. The van der Waals surface area contributed by atoms with Crippen molar-refractivity contribution in [2.24, 2.45) is 5.92 Å². The zero-order valence-corrected chi connectivity index (χ0v) is 9.07.